The van der Waals surface area contributed by atoms with Crippen LogP contribution in [-0.4, -0.2) is 53.4 Å². The van der Waals surface area contributed by atoms with Gasteiger partial charge in [0.2, 0.25) is 0 Å². The molecule has 1 unspecified atom stereocenters. The zero-order valence-electron chi connectivity index (χ0n) is 15.0. The number of nitrogens with zero attached hydrogens (tertiary/aromatic N) is 2. The number of hydrogen-bond donors (Lipinski definition) is 1. The fourth-order valence-corrected chi connectivity index (χ4v) is 3.27. The molecule has 0 spiro atoms. The van der Waals surface area contributed by atoms with Gasteiger partial charge in [-0.25, -0.2) is 0 Å². The van der Waals surface area contributed by atoms with Crippen molar-refractivity contribution in [3.63, 3.8) is 0 Å². The number of likely N-dealkylation sites (tertiary alicyclic amines) is 1. The molecule has 1 N–H and O–H groups in total. The first-order chi connectivity index (χ1) is 12.0. The predicted octanol–water partition coefficient (Wildman–Crippen LogP) is 2.73. The number of H-pyrrole nitrogens is 1. The highest BCUT2D eigenvalue weighted by Gasteiger charge is 2.39. The van der Waals surface area contributed by atoms with E-state index in [-0.39, 0.29) is 5.91 Å². The van der Waals surface area contributed by atoms with E-state index < -0.39 is 5.60 Å². The fraction of sp³-hybridized carbons (Fsp3) is 0.474. The monoisotopic (exact) mass is 343 g/mol. The Bertz CT molecular complexity index is 743. The minimum Gasteiger partial charge on any atom is -0.491 e. The summed E-state index contributed by atoms with van der Waals surface area (Å²) in [7, 11) is 1.69. The first kappa shape index (κ1) is 17.5. The number of rotatable bonds is 5. The van der Waals surface area contributed by atoms with Crippen LogP contribution >= 0.6 is 0 Å². The van der Waals surface area contributed by atoms with Crippen LogP contribution in [0.5, 0.6) is 5.75 Å². The summed E-state index contributed by atoms with van der Waals surface area (Å²) in [6, 6.07) is 7.95. The molecule has 1 aliphatic rings. The molecule has 134 valence electrons. The molecule has 1 atom stereocenters. The summed E-state index contributed by atoms with van der Waals surface area (Å²) < 4.78 is 11.8. The number of methoxy groups -OCH3 is 1. The van der Waals surface area contributed by atoms with E-state index in [4.69, 9.17) is 9.47 Å². The third-order valence-corrected chi connectivity index (χ3v) is 4.81. The Balaban J connectivity index is 1.70. The number of benzene rings is 1. The molecule has 1 aliphatic heterocycles. The molecule has 1 saturated heterocycles. The topological polar surface area (TPSA) is 67.5 Å². The molecule has 25 heavy (non-hydrogen) atoms. The first-order valence-electron chi connectivity index (χ1n) is 8.57. The molecular weight excluding hydrogens is 318 g/mol. The molecule has 0 saturated carbocycles. The van der Waals surface area contributed by atoms with Crippen molar-refractivity contribution in [2.45, 2.75) is 32.3 Å². The maximum Gasteiger partial charge on any atom is 0.257 e. The molecule has 6 heteroatoms. The van der Waals surface area contributed by atoms with Crippen LogP contribution in [0.25, 0.3) is 0 Å². The van der Waals surface area contributed by atoms with E-state index >= 15 is 0 Å². The Kier molecular flexibility index (Phi) is 5.08. The number of amides is 1. The Labute approximate surface area is 148 Å². The number of carbonyl (C=O) groups excluding carboxylic acids is 1. The number of aryl methyl sites for hydroxylation is 2. The van der Waals surface area contributed by atoms with E-state index in [1.165, 1.54) is 0 Å². The maximum absolute atomic E-state index is 12.8. The van der Waals surface area contributed by atoms with E-state index in [2.05, 4.69) is 10.2 Å². The van der Waals surface area contributed by atoms with Gasteiger partial charge in [0.25, 0.3) is 5.91 Å². The van der Waals surface area contributed by atoms with Crippen LogP contribution in [0, 0.1) is 13.8 Å². The quantitative estimate of drug-likeness (QED) is 0.906. The maximum atomic E-state index is 12.8. The molecule has 2 aromatic rings. The smallest absolute Gasteiger partial charge is 0.257 e. The lowest BCUT2D eigenvalue weighted by molar-refractivity contribution is -0.0825. The van der Waals surface area contributed by atoms with Gasteiger partial charge in [-0.15, -0.1) is 0 Å². The van der Waals surface area contributed by atoms with Crippen molar-refractivity contribution in [2.75, 3.05) is 26.8 Å². The number of aromatic amines is 1. The van der Waals surface area contributed by atoms with Crippen LogP contribution in [0.4, 0.5) is 0 Å². The number of aromatic nitrogens is 2. The third-order valence-electron chi connectivity index (χ3n) is 4.81. The van der Waals surface area contributed by atoms with E-state index in [0.717, 1.165) is 36.4 Å². The summed E-state index contributed by atoms with van der Waals surface area (Å²) in [6.45, 7) is 5.54. The van der Waals surface area contributed by atoms with Gasteiger partial charge >= 0.3 is 0 Å². The van der Waals surface area contributed by atoms with E-state index in [1.54, 1.807) is 13.3 Å². The van der Waals surface area contributed by atoms with Crippen molar-refractivity contribution in [3.05, 3.63) is 47.3 Å². The van der Waals surface area contributed by atoms with Crippen LogP contribution in [0.3, 0.4) is 0 Å². The molecule has 0 aliphatic carbocycles. The average molecular weight is 343 g/mol. The van der Waals surface area contributed by atoms with Crippen LogP contribution in [-0.2, 0) is 4.74 Å². The van der Waals surface area contributed by atoms with E-state index in [0.29, 0.717) is 18.7 Å². The zero-order valence-corrected chi connectivity index (χ0v) is 15.0. The minimum atomic E-state index is -0.491. The second-order valence-electron chi connectivity index (χ2n) is 6.73. The Morgan fingerprint density at radius 1 is 1.40 bits per heavy atom. The van der Waals surface area contributed by atoms with Gasteiger partial charge in [-0.1, -0.05) is 12.1 Å². The van der Waals surface area contributed by atoms with Gasteiger partial charge < -0.3 is 14.4 Å². The first-order valence-corrected chi connectivity index (χ1v) is 8.57. The summed E-state index contributed by atoms with van der Waals surface area (Å²) >= 11 is 0. The van der Waals surface area contributed by atoms with E-state index in [1.807, 2.05) is 43.0 Å². The molecule has 0 radical (unpaired) electrons. The van der Waals surface area contributed by atoms with Crippen molar-refractivity contribution in [2.24, 2.45) is 0 Å². The van der Waals surface area contributed by atoms with Crippen molar-refractivity contribution >= 4 is 5.91 Å². The zero-order chi connectivity index (χ0) is 17.9. The normalized spacial score (nSPS) is 20.5. The minimum absolute atomic E-state index is 0.0112. The number of carbonyl (C=O) groups is 1. The Morgan fingerprint density at radius 3 is 2.92 bits per heavy atom. The van der Waals surface area contributed by atoms with Gasteiger partial charge in [0.15, 0.2) is 0 Å². The molecule has 3 rings (SSSR count). The van der Waals surface area contributed by atoms with Gasteiger partial charge in [0.05, 0.1) is 18.3 Å². The highest BCUT2D eigenvalue weighted by atomic mass is 16.5. The van der Waals surface area contributed by atoms with Crippen LogP contribution < -0.4 is 4.74 Å². The highest BCUT2D eigenvalue weighted by Crippen LogP contribution is 2.27. The average Bonchev–Trinajstić information content (AvgIpc) is 3.05. The summed E-state index contributed by atoms with van der Waals surface area (Å²) in [5.74, 6) is 0.813. The van der Waals surface area contributed by atoms with Crippen LogP contribution in [0.15, 0.2) is 30.5 Å². The van der Waals surface area contributed by atoms with Crippen LogP contribution in [0.2, 0.25) is 0 Å². The SMILES string of the molecule is COC1(COc2cccc(C)c2)CCCN(C(=O)c2cn[nH]c2C)C1. The van der Waals surface area contributed by atoms with Gasteiger partial charge in [0, 0.05) is 19.3 Å². The molecule has 1 aromatic carbocycles. The molecule has 0 bridgehead atoms. The van der Waals surface area contributed by atoms with Gasteiger partial charge in [0.1, 0.15) is 18.0 Å². The van der Waals surface area contributed by atoms with Gasteiger partial charge in [-0.3, -0.25) is 9.89 Å². The predicted molar refractivity (Wildman–Crippen MR) is 94.9 cm³/mol. The lowest BCUT2D eigenvalue weighted by Gasteiger charge is -2.41. The third kappa shape index (κ3) is 3.85. The van der Waals surface area contributed by atoms with Gasteiger partial charge in [-0.05, 0) is 44.4 Å². The number of ether oxygens (including phenoxy) is 2. The highest BCUT2D eigenvalue weighted by molar-refractivity contribution is 5.95. The number of piperidine rings is 1. The molecule has 2 heterocycles. The second kappa shape index (κ2) is 7.27. The van der Waals surface area contributed by atoms with Gasteiger partial charge in [-0.2, -0.15) is 5.10 Å². The molecule has 1 aromatic heterocycles. The van der Waals surface area contributed by atoms with Crippen molar-refractivity contribution < 1.29 is 14.3 Å². The molecule has 6 nitrogen and oxygen atoms in total. The summed E-state index contributed by atoms with van der Waals surface area (Å²) in [6.07, 6.45) is 3.33. The standard InChI is InChI=1S/C19H25N3O3/c1-14-6-4-7-16(10-14)25-13-19(24-3)8-5-9-22(12-19)18(23)17-11-20-21-15(17)2/h4,6-7,10-11H,5,8-9,12-13H2,1-3H3,(H,20,21). The Hall–Kier alpha value is -2.34. The number of hydrogen-bond acceptors (Lipinski definition) is 4. The summed E-state index contributed by atoms with van der Waals surface area (Å²) in [5, 5.41) is 6.77. The molecular formula is C19H25N3O3. The van der Waals surface area contributed by atoms with Crippen LogP contribution in [0.1, 0.15) is 34.5 Å². The largest absolute Gasteiger partial charge is 0.491 e. The van der Waals surface area contributed by atoms with Crippen molar-refractivity contribution in [1.82, 2.24) is 15.1 Å². The number of nitrogens with one attached hydrogen (secondary N) is 1. The fourth-order valence-electron chi connectivity index (χ4n) is 3.27. The summed E-state index contributed by atoms with van der Waals surface area (Å²) in [4.78, 5) is 14.6. The lowest BCUT2D eigenvalue weighted by atomic mass is 9.92. The van der Waals surface area contributed by atoms with E-state index in [9.17, 15) is 4.79 Å². The summed E-state index contributed by atoms with van der Waals surface area (Å²) in [5.41, 5.74) is 2.07. The Morgan fingerprint density at radius 2 is 2.24 bits per heavy atom. The second-order valence-corrected chi connectivity index (χ2v) is 6.73. The van der Waals surface area contributed by atoms with Crippen molar-refractivity contribution in [3.8, 4) is 5.75 Å². The van der Waals surface area contributed by atoms with Crippen molar-refractivity contribution in [1.29, 1.82) is 0 Å². The molecule has 1 fully saturated rings. The lowest BCUT2D eigenvalue weighted by Crippen LogP contribution is -2.54. The molecule has 1 amide bonds.